The van der Waals surface area contributed by atoms with E-state index in [2.05, 4.69) is 0 Å². The summed E-state index contributed by atoms with van der Waals surface area (Å²) in [6.45, 7) is 2.60. The third kappa shape index (κ3) is 7.32. The van der Waals surface area contributed by atoms with Gasteiger partial charge in [0.25, 0.3) is 0 Å². The van der Waals surface area contributed by atoms with Crippen LogP contribution in [0.25, 0.3) is 6.08 Å². The number of hydrogen-bond donors (Lipinski definition) is 0. The number of ether oxygens (including phenoxy) is 6. The molecule has 0 aliphatic heterocycles. The van der Waals surface area contributed by atoms with Gasteiger partial charge in [-0.3, -0.25) is 4.79 Å². The van der Waals surface area contributed by atoms with E-state index in [0.29, 0.717) is 34.1 Å². The Kier molecular flexibility index (Phi) is 10.1. The van der Waals surface area contributed by atoms with Crippen LogP contribution in [0.5, 0.6) is 28.7 Å². The fraction of sp³-hybridized carbons (Fsp3) is 0.333. The summed E-state index contributed by atoms with van der Waals surface area (Å²) >= 11 is -1.42. The maximum absolute atomic E-state index is 12.7. The van der Waals surface area contributed by atoms with Gasteiger partial charge < -0.3 is 33.0 Å². The maximum Gasteiger partial charge on any atom is 0.352 e. The number of benzene rings is 2. The first kappa shape index (κ1) is 26.9. The average molecular weight is 493 g/mol. The molecule has 0 heterocycles. The van der Waals surface area contributed by atoms with Crippen molar-refractivity contribution in [1.29, 1.82) is 0 Å². The van der Waals surface area contributed by atoms with Crippen molar-refractivity contribution in [1.82, 2.24) is 0 Å². The molecule has 2 rings (SSSR count). The number of hydrogen-bond acceptors (Lipinski definition) is 9. The summed E-state index contributed by atoms with van der Waals surface area (Å²) in [5.74, 6) is 0.795. The lowest BCUT2D eigenvalue weighted by atomic mass is 10.1. The van der Waals surface area contributed by atoms with Gasteiger partial charge in [0.1, 0.15) is 28.4 Å². The van der Waals surface area contributed by atoms with E-state index in [-0.39, 0.29) is 11.5 Å². The second-order valence-corrected chi connectivity index (χ2v) is 8.25. The molecule has 0 fully saturated rings. The van der Waals surface area contributed by atoms with E-state index in [4.69, 9.17) is 28.4 Å². The molecule has 0 aliphatic carbocycles. The van der Waals surface area contributed by atoms with E-state index < -0.39 is 29.2 Å². The van der Waals surface area contributed by atoms with Crippen LogP contribution in [0.4, 0.5) is 0 Å². The van der Waals surface area contributed by atoms with Crippen LogP contribution in [-0.4, -0.2) is 51.0 Å². The van der Waals surface area contributed by atoms with Crippen LogP contribution in [0.15, 0.2) is 35.7 Å². The van der Waals surface area contributed by atoms with E-state index in [1.165, 1.54) is 47.7 Å². The molecule has 2 aromatic carbocycles. The minimum absolute atomic E-state index is 0.128. The van der Waals surface area contributed by atoms with Crippen LogP contribution in [0.2, 0.25) is 0 Å². The quantitative estimate of drug-likeness (QED) is 0.264. The Bertz CT molecular complexity index is 1010. The zero-order chi connectivity index (χ0) is 25.3. The maximum atomic E-state index is 12.7. The smallest absolute Gasteiger partial charge is 0.352 e. The Labute approximate surface area is 201 Å². The number of carbonyl (C=O) groups is 2. The highest BCUT2D eigenvalue weighted by molar-refractivity contribution is 7.93. The fourth-order valence-electron chi connectivity index (χ4n) is 2.93. The molecule has 2 atom stereocenters. The van der Waals surface area contributed by atoms with Crippen LogP contribution in [0.1, 0.15) is 25.0 Å². The second-order valence-electron chi connectivity index (χ2n) is 6.93. The molecule has 2 unspecified atom stereocenters. The first-order valence-corrected chi connectivity index (χ1v) is 11.5. The van der Waals surface area contributed by atoms with E-state index in [0.717, 1.165) is 0 Å². The Balaban J connectivity index is 2.20. The molecule has 0 aromatic heterocycles. The molecule has 0 bridgehead atoms. The number of rotatable bonds is 11. The van der Waals surface area contributed by atoms with Crippen LogP contribution >= 0.6 is 0 Å². The van der Waals surface area contributed by atoms with Gasteiger partial charge in [-0.2, -0.15) is 0 Å². The van der Waals surface area contributed by atoms with Crippen molar-refractivity contribution in [3.8, 4) is 28.7 Å². The van der Waals surface area contributed by atoms with E-state index in [1.54, 1.807) is 36.4 Å². The van der Waals surface area contributed by atoms with Crippen molar-refractivity contribution in [3.05, 3.63) is 46.9 Å². The van der Waals surface area contributed by atoms with Crippen molar-refractivity contribution in [2.45, 2.75) is 25.7 Å². The molecule has 0 aliphatic rings. The van der Waals surface area contributed by atoms with Gasteiger partial charge in [0, 0.05) is 30.7 Å². The second kappa shape index (κ2) is 12.8. The van der Waals surface area contributed by atoms with Gasteiger partial charge in [0.2, 0.25) is 0 Å². The van der Waals surface area contributed by atoms with Gasteiger partial charge in [-0.25, -0.2) is 4.79 Å². The highest BCUT2D eigenvalue weighted by Gasteiger charge is 2.21. The predicted molar refractivity (Wildman–Crippen MR) is 127 cm³/mol. The minimum atomic E-state index is -1.42. The van der Waals surface area contributed by atoms with Crippen molar-refractivity contribution in [3.63, 3.8) is 0 Å². The van der Waals surface area contributed by atoms with E-state index in [1.807, 2.05) is 0 Å². The lowest BCUT2D eigenvalue weighted by molar-refractivity contribution is -0.159. The zero-order valence-electron chi connectivity index (χ0n) is 19.9. The van der Waals surface area contributed by atoms with Crippen LogP contribution in [0.3, 0.4) is 0 Å². The molecular formula is C24H28O9S. The van der Waals surface area contributed by atoms with Crippen molar-refractivity contribution < 1.29 is 42.6 Å². The molecule has 9 nitrogen and oxygen atoms in total. The number of carbonyl (C=O) groups excluding carboxylic acids is 2. The van der Waals surface area contributed by atoms with Gasteiger partial charge in [0.05, 0.1) is 34.0 Å². The topological polar surface area (TPSA) is 113 Å². The Morgan fingerprint density at radius 3 is 2.09 bits per heavy atom. The largest absolute Gasteiger partial charge is 0.612 e. The zero-order valence-corrected chi connectivity index (χ0v) is 20.7. The molecule has 0 saturated heterocycles. The molecule has 0 amide bonds. The average Bonchev–Trinajstić information content (AvgIpc) is 2.81. The SMILES string of the molecule is COc1cc(OC)c(/C=C/[S+]([O-])Cc2ccc(OC)c(OC(=O)C(C)OC(C)=O)c2)c(OC)c1. The van der Waals surface area contributed by atoms with Crippen LogP contribution in [-0.2, 0) is 31.3 Å². The summed E-state index contributed by atoms with van der Waals surface area (Å²) in [6, 6.07) is 8.27. The first-order chi connectivity index (χ1) is 16.2. The van der Waals surface area contributed by atoms with Gasteiger partial charge in [-0.1, -0.05) is 6.07 Å². The van der Waals surface area contributed by atoms with Gasteiger partial charge in [-0.05, 0) is 30.2 Å². The van der Waals surface area contributed by atoms with Crippen molar-refractivity contribution >= 4 is 29.2 Å². The van der Waals surface area contributed by atoms with E-state index in [9.17, 15) is 14.1 Å². The number of esters is 2. The van der Waals surface area contributed by atoms with Crippen LogP contribution < -0.4 is 23.7 Å². The molecule has 0 saturated carbocycles. The summed E-state index contributed by atoms with van der Waals surface area (Å²) in [5.41, 5.74) is 1.25. The third-order valence-electron chi connectivity index (χ3n) is 4.56. The number of methoxy groups -OCH3 is 4. The Morgan fingerprint density at radius 2 is 1.56 bits per heavy atom. The molecule has 10 heteroatoms. The highest BCUT2D eigenvalue weighted by atomic mass is 32.2. The fourth-order valence-corrected chi connectivity index (χ4v) is 3.82. The monoisotopic (exact) mass is 492 g/mol. The lowest BCUT2D eigenvalue weighted by Crippen LogP contribution is -2.27. The van der Waals surface area contributed by atoms with Crippen molar-refractivity contribution in [2.24, 2.45) is 0 Å². The third-order valence-corrected chi connectivity index (χ3v) is 5.62. The standard InChI is InChI=1S/C24H28O9S/c1-15(32-16(2)25)24(26)33-23-11-17(7-8-20(23)29-4)14-34(27)10-9-19-21(30-5)12-18(28-3)13-22(19)31-6/h7-13,15H,14H2,1-6H3/b10-9+. The summed E-state index contributed by atoms with van der Waals surface area (Å²) in [4.78, 5) is 23.3. The predicted octanol–water partition coefficient (Wildman–Crippen LogP) is 3.50. The molecule has 34 heavy (non-hydrogen) atoms. The Morgan fingerprint density at radius 1 is 0.941 bits per heavy atom. The molecule has 0 spiro atoms. The molecule has 0 N–H and O–H groups in total. The van der Waals surface area contributed by atoms with Crippen LogP contribution in [0, 0.1) is 0 Å². The van der Waals surface area contributed by atoms with Crippen molar-refractivity contribution in [2.75, 3.05) is 28.4 Å². The Hall–Kier alpha value is -3.37. The summed E-state index contributed by atoms with van der Waals surface area (Å²) in [7, 11) is 6.00. The summed E-state index contributed by atoms with van der Waals surface area (Å²) in [6.07, 6.45) is 0.565. The highest BCUT2D eigenvalue weighted by Crippen LogP contribution is 2.35. The molecular weight excluding hydrogens is 464 g/mol. The lowest BCUT2D eigenvalue weighted by Gasteiger charge is -2.15. The molecule has 2 aromatic rings. The summed E-state index contributed by atoms with van der Waals surface area (Å²) in [5, 5.41) is 1.52. The summed E-state index contributed by atoms with van der Waals surface area (Å²) < 4.78 is 44.2. The first-order valence-electron chi connectivity index (χ1n) is 10.1. The molecule has 184 valence electrons. The van der Waals surface area contributed by atoms with Gasteiger partial charge in [-0.15, -0.1) is 0 Å². The van der Waals surface area contributed by atoms with Gasteiger partial charge in [0.15, 0.2) is 17.6 Å². The normalized spacial score (nSPS) is 12.6. The molecule has 0 radical (unpaired) electrons. The van der Waals surface area contributed by atoms with E-state index >= 15 is 0 Å². The minimum Gasteiger partial charge on any atom is -0.612 e. The van der Waals surface area contributed by atoms with Gasteiger partial charge >= 0.3 is 11.9 Å².